The number of aliphatic carboxylic acids is 1. The first-order chi connectivity index (χ1) is 8.12. The van der Waals surface area contributed by atoms with Gasteiger partial charge in [0.2, 0.25) is 0 Å². The summed E-state index contributed by atoms with van der Waals surface area (Å²) >= 11 is 0. The number of carbonyl (C=O) groups is 1. The Balaban J connectivity index is 2.02. The maximum atomic E-state index is 11.6. The van der Waals surface area contributed by atoms with Gasteiger partial charge in [0.25, 0.3) is 0 Å². The van der Waals surface area contributed by atoms with Gasteiger partial charge in [0.1, 0.15) is 0 Å². The summed E-state index contributed by atoms with van der Waals surface area (Å²) in [6.07, 6.45) is 3.90. The van der Waals surface area contributed by atoms with Gasteiger partial charge in [0.15, 0.2) is 0 Å². The topological polar surface area (TPSA) is 49.8 Å². The average Bonchev–Trinajstić information content (AvgIpc) is 2.30. The van der Waals surface area contributed by atoms with Crippen LogP contribution in [-0.2, 0) is 9.53 Å². The maximum absolute atomic E-state index is 11.6. The fraction of sp³-hybridized carbons (Fsp3) is 0.923. The van der Waals surface area contributed by atoms with Crippen LogP contribution >= 0.6 is 0 Å². The molecule has 0 aromatic carbocycles. The molecular formula is C13H23NO3. The molecule has 0 spiro atoms. The van der Waals surface area contributed by atoms with Crippen LogP contribution in [-0.4, -0.2) is 48.8 Å². The van der Waals surface area contributed by atoms with E-state index in [4.69, 9.17) is 4.74 Å². The zero-order valence-corrected chi connectivity index (χ0v) is 10.7. The van der Waals surface area contributed by atoms with Crippen molar-refractivity contribution in [2.45, 2.75) is 32.6 Å². The van der Waals surface area contributed by atoms with Crippen LogP contribution in [0.4, 0.5) is 0 Å². The average molecular weight is 241 g/mol. The van der Waals surface area contributed by atoms with Gasteiger partial charge >= 0.3 is 5.97 Å². The molecule has 0 aromatic rings. The number of carboxylic acid groups (broad SMARTS) is 1. The lowest BCUT2D eigenvalue weighted by Gasteiger charge is -2.41. The molecule has 1 saturated carbocycles. The molecule has 17 heavy (non-hydrogen) atoms. The minimum absolute atomic E-state index is 0.505. The Morgan fingerprint density at radius 1 is 1.47 bits per heavy atom. The van der Waals surface area contributed by atoms with Crippen molar-refractivity contribution >= 4 is 5.97 Å². The number of morpholine rings is 1. The Kier molecular flexibility index (Phi) is 4.05. The van der Waals surface area contributed by atoms with Crippen molar-refractivity contribution in [3.8, 4) is 0 Å². The monoisotopic (exact) mass is 241 g/mol. The second-order valence-corrected chi connectivity index (χ2v) is 5.68. The van der Waals surface area contributed by atoms with E-state index >= 15 is 0 Å². The van der Waals surface area contributed by atoms with Gasteiger partial charge in [-0.15, -0.1) is 0 Å². The Morgan fingerprint density at radius 2 is 2.18 bits per heavy atom. The Hall–Kier alpha value is -0.610. The van der Waals surface area contributed by atoms with Crippen LogP contribution in [0.25, 0.3) is 0 Å². The minimum atomic E-state index is -0.601. The van der Waals surface area contributed by atoms with Crippen LogP contribution in [0.15, 0.2) is 0 Å². The molecule has 4 nitrogen and oxygen atoms in total. The van der Waals surface area contributed by atoms with E-state index in [0.717, 1.165) is 45.6 Å². The van der Waals surface area contributed by atoms with Gasteiger partial charge in [0, 0.05) is 19.6 Å². The van der Waals surface area contributed by atoms with Crippen molar-refractivity contribution in [1.82, 2.24) is 4.90 Å². The van der Waals surface area contributed by atoms with Gasteiger partial charge in [-0.2, -0.15) is 0 Å². The van der Waals surface area contributed by atoms with Crippen molar-refractivity contribution in [1.29, 1.82) is 0 Å². The highest BCUT2D eigenvalue weighted by molar-refractivity contribution is 5.75. The van der Waals surface area contributed by atoms with Gasteiger partial charge in [-0.05, 0) is 18.8 Å². The molecule has 4 heteroatoms. The third kappa shape index (κ3) is 2.99. The summed E-state index contributed by atoms with van der Waals surface area (Å²) in [6.45, 7) is 6.12. The van der Waals surface area contributed by atoms with Gasteiger partial charge in [-0.3, -0.25) is 9.69 Å². The van der Waals surface area contributed by atoms with Crippen molar-refractivity contribution in [3.05, 3.63) is 0 Å². The lowest BCUT2D eigenvalue weighted by Crippen LogP contribution is -2.49. The summed E-state index contributed by atoms with van der Waals surface area (Å²) in [4.78, 5) is 13.9. The predicted octanol–water partition coefficient (Wildman–Crippen LogP) is 1.60. The van der Waals surface area contributed by atoms with Crippen LogP contribution in [0.3, 0.4) is 0 Å². The van der Waals surface area contributed by atoms with Crippen molar-refractivity contribution in [2.75, 3.05) is 32.8 Å². The molecule has 0 aromatic heterocycles. The smallest absolute Gasteiger partial charge is 0.310 e. The Labute approximate surface area is 103 Å². The summed E-state index contributed by atoms with van der Waals surface area (Å²) in [5.74, 6) is -0.0589. The first-order valence-electron chi connectivity index (χ1n) is 6.66. The van der Waals surface area contributed by atoms with Crippen LogP contribution in [0.2, 0.25) is 0 Å². The van der Waals surface area contributed by atoms with E-state index in [-0.39, 0.29) is 0 Å². The second kappa shape index (κ2) is 5.36. The van der Waals surface area contributed by atoms with Crippen LogP contribution in [0.5, 0.6) is 0 Å². The molecule has 2 unspecified atom stereocenters. The number of ether oxygens (including phenoxy) is 1. The molecule has 0 radical (unpaired) electrons. The van der Waals surface area contributed by atoms with E-state index in [1.807, 2.05) is 0 Å². The van der Waals surface area contributed by atoms with Crippen molar-refractivity contribution < 1.29 is 14.6 Å². The summed E-state index contributed by atoms with van der Waals surface area (Å²) in [5, 5.41) is 9.58. The fourth-order valence-electron chi connectivity index (χ4n) is 3.25. The molecule has 98 valence electrons. The predicted molar refractivity (Wildman–Crippen MR) is 65.0 cm³/mol. The first kappa shape index (κ1) is 12.8. The largest absolute Gasteiger partial charge is 0.481 e. The molecule has 1 saturated heterocycles. The van der Waals surface area contributed by atoms with Gasteiger partial charge < -0.3 is 9.84 Å². The summed E-state index contributed by atoms with van der Waals surface area (Å²) in [7, 11) is 0. The third-order valence-electron chi connectivity index (χ3n) is 4.18. The number of hydrogen-bond donors (Lipinski definition) is 1. The lowest BCUT2D eigenvalue weighted by molar-refractivity contribution is -0.154. The third-order valence-corrected chi connectivity index (χ3v) is 4.18. The van der Waals surface area contributed by atoms with E-state index < -0.39 is 11.4 Å². The van der Waals surface area contributed by atoms with Crippen molar-refractivity contribution in [2.24, 2.45) is 11.3 Å². The zero-order valence-electron chi connectivity index (χ0n) is 10.7. The number of rotatable bonds is 3. The highest BCUT2D eigenvalue weighted by Gasteiger charge is 2.43. The zero-order chi connectivity index (χ0) is 12.3. The second-order valence-electron chi connectivity index (χ2n) is 5.68. The molecule has 1 N–H and O–H groups in total. The summed E-state index contributed by atoms with van der Waals surface area (Å²) in [6, 6.07) is 0. The lowest BCUT2D eigenvalue weighted by atomic mass is 9.69. The summed E-state index contributed by atoms with van der Waals surface area (Å²) in [5.41, 5.74) is -0.505. The molecule has 0 bridgehead atoms. The normalized spacial score (nSPS) is 35.7. The van der Waals surface area contributed by atoms with E-state index in [1.165, 1.54) is 6.42 Å². The van der Waals surface area contributed by atoms with Gasteiger partial charge in [-0.25, -0.2) is 0 Å². The molecule has 2 fully saturated rings. The van der Waals surface area contributed by atoms with E-state index in [2.05, 4.69) is 11.8 Å². The fourth-order valence-corrected chi connectivity index (χ4v) is 3.25. The van der Waals surface area contributed by atoms with Gasteiger partial charge in [0.05, 0.1) is 18.6 Å². The summed E-state index contributed by atoms with van der Waals surface area (Å²) < 4.78 is 5.31. The molecule has 2 rings (SSSR count). The molecule has 0 amide bonds. The molecule has 2 aliphatic rings. The SMILES string of the molecule is CC1CCCC(CN2CCOCC2)(C(=O)O)C1. The molecule has 1 heterocycles. The maximum Gasteiger partial charge on any atom is 0.310 e. The van der Waals surface area contributed by atoms with Gasteiger partial charge in [-0.1, -0.05) is 19.8 Å². The standard InChI is InChI=1S/C13H23NO3/c1-11-3-2-4-13(9-11,12(15)16)10-14-5-7-17-8-6-14/h11H,2-10H2,1H3,(H,15,16). The van der Waals surface area contributed by atoms with Crippen LogP contribution in [0.1, 0.15) is 32.6 Å². The molecular weight excluding hydrogens is 218 g/mol. The van der Waals surface area contributed by atoms with Crippen LogP contribution < -0.4 is 0 Å². The molecule has 2 atom stereocenters. The number of nitrogens with zero attached hydrogens (tertiary/aromatic N) is 1. The highest BCUT2D eigenvalue weighted by atomic mass is 16.5. The minimum Gasteiger partial charge on any atom is -0.481 e. The van der Waals surface area contributed by atoms with E-state index in [1.54, 1.807) is 0 Å². The Bertz CT molecular complexity index is 276. The first-order valence-corrected chi connectivity index (χ1v) is 6.66. The number of carboxylic acids is 1. The quantitative estimate of drug-likeness (QED) is 0.815. The highest BCUT2D eigenvalue weighted by Crippen LogP contribution is 2.40. The van der Waals surface area contributed by atoms with E-state index in [0.29, 0.717) is 12.5 Å². The number of hydrogen-bond acceptors (Lipinski definition) is 3. The van der Waals surface area contributed by atoms with E-state index in [9.17, 15) is 9.90 Å². The van der Waals surface area contributed by atoms with Crippen molar-refractivity contribution in [3.63, 3.8) is 0 Å². The molecule has 1 aliphatic heterocycles. The molecule has 1 aliphatic carbocycles. The Morgan fingerprint density at radius 3 is 2.76 bits per heavy atom. The van der Waals surface area contributed by atoms with Crippen LogP contribution in [0, 0.1) is 11.3 Å².